The van der Waals surface area contributed by atoms with Crippen LogP contribution < -0.4 is 0 Å². The molecule has 0 aliphatic carbocycles. The maximum atomic E-state index is 12.6. The molecule has 0 aromatic heterocycles. The second kappa shape index (κ2) is 39.1. The van der Waals surface area contributed by atoms with E-state index in [0.29, 0.717) is 19.3 Å². The van der Waals surface area contributed by atoms with Crippen molar-refractivity contribution in [2.24, 2.45) is 11.8 Å². The Morgan fingerprint density at radius 3 is 1.10 bits per heavy atom. The number of carbonyl (C=O) groups is 3. The van der Waals surface area contributed by atoms with Gasteiger partial charge in [-0.1, -0.05) is 208 Å². The van der Waals surface area contributed by atoms with Crippen LogP contribution in [-0.4, -0.2) is 37.2 Å². The number of carbonyl (C=O) groups excluding carboxylic acids is 3. The predicted molar refractivity (Wildman–Crippen MR) is 220 cm³/mol. The van der Waals surface area contributed by atoms with Crippen LogP contribution in [0.4, 0.5) is 0 Å². The van der Waals surface area contributed by atoms with Gasteiger partial charge in [-0.3, -0.25) is 14.4 Å². The zero-order valence-electron chi connectivity index (χ0n) is 35.4. The van der Waals surface area contributed by atoms with Crippen molar-refractivity contribution in [3.63, 3.8) is 0 Å². The molecule has 6 nitrogen and oxygen atoms in total. The molecule has 0 aliphatic rings. The lowest BCUT2D eigenvalue weighted by Crippen LogP contribution is -2.30. The molecule has 0 radical (unpaired) electrons. The molecular weight excluding hydrogens is 649 g/mol. The van der Waals surface area contributed by atoms with E-state index in [2.05, 4.69) is 34.6 Å². The van der Waals surface area contributed by atoms with Crippen molar-refractivity contribution in [3.8, 4) is 0 Å². The minimum absolute atomic E-state index is 0.0660. The lowest BCUT2D eigenvalue weighted by molar-refractivity contribution is -0.167. The van der Waals surface area contributed by atoms with E-state index >= 15 is 0 Å². The number of ether oxygens (including phenoxy) is 3. The average Bonchev–Trinajstić information content (AvgIpc) is 3.12. The Morgan fingerprint density at radius 2 is 0.731 bits per heavy atom. The summed E-state index contributed by atoms with van der Waals surface area (Å²) in [5.74, 6) is 0.818. The molecule has 1 unspecified atom stereocenters. The summed E-state index contributed by atoms with van der Waals surface area (Å²) in [7, 11) is 0. The lowest BCUT2D eigenvalue weighted by Gasteiger charge is -2.18. The number of esters is 3. The van der Waals surface area contributed by atoms with Gasteiger partial charge in [0.15, 0.2) is 6.10 Å². The summed E-state index contributed by atoms with van der Waals surface area (Å²) in [6.07, 6.45) is 36.9. The minimum atomic E-state index is -0.759. The molecule has 0 saturated carbocycles. The lowest BCUT2D eigenvalue weighted by atomic mass is 9.99. The Kier molecular flexibility index (Phi) is 37.9. The molecule has 0 rings (SSSR count). The van der Waals surface area contributed by atoms with Crippen LogP contribution in [0.3, 0.4) is 0 Å². The van der Waals surface area contributed by atoms with Crippen molar-refractivity contribution in [3.05, 3.63) is 0 Å². The van der Waals surface area contributed by atoms with E-state index in [1.807, 2.05) is 0 Å². The van der Waals surface area contributed by atoms with Crippen LogP contribution in [0.5, 0.6) is 0 Å². The van der Waals surface area contributed by atoms with Crippen molar-refractivity contribution in [2.45, 2.75) is 253 Å². The van der Waals surface area contributed by atoms with Gasteiger partial charge in [-0.15, -0.1) is 0 Å². The first-order valence-corrected chi connectivity index (χ1v) is 22.8. The molecule has 0 bridgehead atoms. The molecule has 6 heteroatoms. The molecule has 52 heavy (non-hydrogen) atoms. The highest BCUT2D eigenvalue weighted by Crippen LogP contribution is 2.17. The number of rotatable bonds is 40. The summed E-state index contributed by atoms with van der Waals surface area (Å²) in [6.45, 7) is 11.3. The summed E-state index contributed by atoms with van der Waals surface area (Å²) < 4.78 is 16.6. The van der Waals surface area contributed by atoms with Gasteiger partial charge in [0.1, 0.15) is 13.2 Å². The summed E-state index contributed by atoms with van der Waals surface area (Å²) in [5, 5.41) is 0. The SMILES string of the molecule is CCCCCCCC(=O)OC[C@@H](COC(=O)CCCCCCCCCCCCCCCCC(C)C)OC(=O)CCCCCCCCCCC(C)CC. The number of hydrogen-bond acceptors (Lipinski definition) is 6. The van der Waals surface area contributed by atoms with Gasteiger partial charge in [-0.2, -0.15) is 0 Å². The Bertz CT molecular complexity index is 796. The van der Waals surface area contributed by atoms with Gasteiger partial charge in [0.2, 0.25) is 0 Å². The summed E-state index contributed by atoms with van der Waals surface area (Å²) in [6, 6.07) is 0. The Morgan fingerprint density at radius 1 is 0.404 bits per heavy atom. The van der Waals surface area contributed by atoms with Crippen molar-refractivity contribution < 1.29 is 28.6 Å². The first kappa shape index (κ1) is 50.4. The fourth-order valence-electron chi connectivity index (χ4n) is 6.72. The molecule has 0 heterocycles. The van der Waals surface area contributed by atoms with E-state index < -0.39 is 6.10 Å². The van der Waals surface area contributed by atoms with Crippen LogP contribution in [0.2, 0.25) is 0 Å². The van der Waals surface area contributed by atoms with Crippen molar-refractivity contribution in [2.75, 3.05) is 13.2 Å². The van der Waals surface area contributed by atoms with Crippen LogP contribution in [0.15, 0.2) is 0 Å². The molecule has 0 aliphatic heterocycles. The fourth-order valence-corrected chi connectivity index (χ4v) is 6.72. The zero-order valence-corrected chi connectivity index (χ0v) is 35.4. The van der Waals surface area contributed by atoms with Crippen LogP contribution in [0.1, 0.15) is 247 Å². The largest absolute Gasteiger partial charge is 0.462 e. The normalized spacial score (nSPS) is 12.6. The highest BCUT2D eigenvalue weighted by molar-refractivity contribution is 5.71. The molecule has 2 atom stereocenters. The molecule has 0 saturated heterocycles. The highest BCUT2D eigenvalue weighted by Gasteiger charge is 2.19. The summed E-state index contributed by atoms with van der Waals surface area (Å²) in [4.78, 5) is 37.4. The molecular formula is C46H88O6. The summed E-state index contributed by atoms with van der Waals surface area (Å²) in [5.41, 5.74) is 0. The molecule has 0 aromatic carbocycles. The monoisotopic (exact) mass is 737 g/mol. The Hall–Kier alpha value is -1.59. The first-order chi connectivity index (χ1) is 25.3. The molecule has 0 aromatic rings. The maximum absolute atomic E-state index is 12.6. The average molecular weight is 737 g/mol. The van der Waals surface area contributed by atoms with E-state index in [-0.39, 0.29) is 31.1 Å². The van der Waals surface area contributed by atoms with Crippen LogP contribution >= 0.6 is 0 Å². The van der Waals surface area contributed by atoms with E-state index in [0.717, 1.165) is 76.0 Å². The third-order valence-electron chi connectivity index (χ3n) is 10.6. The van der Waals surface area contributed by atoms with Gasteiger partial charge in [0.25, 0.3) is 0 Å². The number of unbranched alkanes of at least 4 members (excludes halogenated alkanes) is 24. The van der Waals surface area contributed by atoms with Crippen molar-refractivity contribution >= 4 is 17.9 Å². The topological polar surface area (TPSA) is 78.9 Å². The second-order valence-electron chi connectivity index (χ2n) is 16.4. The third kappa shape index (κ3) is 38.1. The van der Waals surface area contributed by atoms with Crippen LogP contribution in [-0.2, 0) is 28.6 Å². The van der Waals surface area contributed by atoms with Crippen LogP contribution in [0.25, 0.3) is 0 Å². The van der Waals surface area contributed by atoms with E-state index in [1.165, 1.54) is 128 Å². The quantitative estimate of drug-likeness (QED) is 0.0354. The van der Waals surface area contributed by atoms with E-state index in [1.54, 1.807) is 0 Å². The second-order valence-corrected chi connectivity index (χ2v) is 16.4. The minimum Gasteiger partial charge on any atom is -0.462 e. The molecule has 0 amide bonds. The van der Waals surface area contributed by atoms with Crippen molar-refractivity contribution in [1.29, 1.82) is 0 Å². The molecule has 0 fully saturated rings. The van der Waals surface area contributed by atoms with Crippen molar-refractivity contribution in [1.82, 2.24) is 0 Å². The zero-order chi connectivity index (χ0) is 38.3. The first-order valence-electron chi connectivity index (χ1n) is 22.8. The smallest absolute Gasteiger partial charge is 0.306 e. The van der Waals surface area contributed by atoms with E-state index in [9.17, 15) is 14.4 Å². The van der Waals surface area contributed by atoms with Gasteiger partial charge in [-0.05, 0) is 31.1 Å². The maximum Gasteiger partial charge on any atom is 0.306 e. The fraction of sp³-hybridized carbons (Fsp3) is 0.935. The Labute approximate surface area is 323 Å². The molecule has 308 valence electrons. The molecule has 0 N–H and O–H groups in total. The molecule has 0 spiro atoms. The van der Waals surface area contributed by atoms with Gasteiger partial charge < -0.3 is 14.2 Å². The van der Waals surface area contributed by atoms with E-state index in [4.69, 9.17) is 14.2 Å². The third-order valence-corrected chi connectivity index (χ3v) is 10.6. The Balaban J connectivity index is 4.16. The highest BCUT2D eigenvalue weighted by atomic mass is 16.6. The van der Waals surface area contributed by atoms with Gasteiger partial charge in [0.05, 0.1) is 0 Å². The van der Waals surface area contributed by atoms with Gasteiger partial charge >= 0.3 is 17.9 Å². The predicted octanol–water partition coefficient (Wildman–Crippen LogP) is 14.2. The van der Waals surface area contributed by atoms with Gasteiger partial charge in [0, 0.05) is 19.3 Å². The standard InChI is InChI=1S/C46H88O6/c1-6-8-9-24-31-36-44(47)50-39-43(52-46(49)38-33-28-23-19-18-21-26-30-35-42(5)7-2)40-51-45(48)37-32-27-22-17-15-13-11-10-12-14-16-20-25-29-34-41(3)4/h41-43H,6-40H2,1-5H3/t42?,43-/m0/s1. The van der Waals surface area contributed by atoms with Gasteiger partial charge in [-0.25, -0.2) is 0 Å². The van der Waals surface area contributed by atoms with Crippen LogP contribution in [0, 0.1) is 11.8 Å². The number of hydrogen-bond donors (Lipinski definition) is 0. The summed E-state index contributed by atoms with van der Waals surface area (Å²) >= 11 is 0.